The predicted octanol–water partition coefficient (Wildman–Crippen LogP) is 4.41. The zero-order valence-electron chi connectivity index (χ0n) is 11.8. The first-order chi connectivity index (χ1) is 9.31. The average Bonchev–Trinajstić information content (AvgIpc) is 2.69. The van der Waals surface area contributed by atoms with Gasteiger partial charge in [0, 0.05) is 17.1 Å². The van der Waals surface area contributed by atoms with Crippen molar-refractivity contribution in [2.45, 2.75) is 45.1 Å². The first-order valence-corrected chi connectivity index (χ1v) is 7.71. The van der Waals surface area contributed by atoms with E-state index in [0.717, 1.165) is 35.3 Å². The first kappa shape index (κ1) is 14.7. The third-order valence-electron chi connectivity index (χ3n) is 4.01. The minimum absolute atomic E-state index is 0.785. The Hall–Kier alpha value is -0.730. The number of rotatable bonds is 5. The van der Waals surface area contributed by atoms with E-state index in [-0.39, 0.29) is 0 Å². The number of hydrogen-bond acceptors (Lipinski definition) is 2. The molecule has 1 saturated carbocycles. The second-order valence-electron chi connectivity index (χ2n) is 5.41. The molecule has 1 aromatic rings. The van der Waals surface area contributed by atoms with E-state index in [0.29, 0.717) is 0 Å². The van der Waals surface area contributed by atoms with Crippen molar-refractivity contribution in [3.8, 4) is 5.75 Å². The molecule has 2 rings (SSSR count). The molecule has 1 aromatic carbocycles. The van der Waals surface area contributed by atoms with Crippen molar-refractivity contribution >= 4 is 11.6 Å². The summed E-state index contributed by atoms with van der Waals surface area (Å²) in [4.78, 5) is 0. The van der Waals surface area contributed by atoms with E-state index in [2.05, 4.69) is 5.32 Å². The molecular weight excluding hydrogens is 258 g/mol. The van der Waals surface area contributed by atoms with Crippen molar-refractivity contribution in [1.82, 2.24) is 5.32 Å². The van der Waals surface area contributed by atoms with Crippen molar-refractivity contribution in [2.24, 2.45) is 5.92 Å². The van der Waals surface area contributed by atoms with Gasteiger partial charge in [0.05, 0.1) is 7.11 Å². The van der Waals surface area contributed by atoms with Gasteiger partial charge in [0.25, 0.3) is 0 Å². The summed E-state index contributed by atoms with van der Waals surface area (Å²) in [5, 5.41) is 4.34. The number of nitrogens with one attached hydrogen (secondary N) is 1. The molecule has 2 nitrogen and oxygen atoms in total. The maximum atomic E-state index is 6.24. The zero-order chi connectivity index (χ0) is 13.5. The number of ether oxygens (including phenoxy) is 1. The molecule has 0 atom stereocenters. The van der Waals surface area contributed by atoms with Crippen LogP contribution in [0.1, 0.15) is 44.1 Å². The lowest BCUT2D eigenvalue weighted by Gasteiger charge is -2.16. The molecule has 3 heteroatoms. The van der Waals surface area contributed by atoms with E-state index in [4.69, 9.17) is 16.3 Å². The normalized spacial score (nSPS) is 17.2. The van der Waals surface area contributed by atoms with E-state index in [1.165, 1.54) is 38.5 Å². The van der Waals surface area contributed by atoms with Crippen molar-refractivity contribution in [3.63, 3.8) is 0 Å². The molecule has 0 unspecified atom stereocenters. The standard InChI is InChI=1S/C16H24ClNO/c1-19-16-10-6-9-15(17)14(16)12-18-11-13-7-4-2-3-5-8-13/h6,9-10,13,18H,2-5,7-8,11-12H2,1H3. The van der Waals surface area contributed by atoms with Gasteiger partial charge in [-0.15, -0.1) is 0 Å². The molecule has 0 radical (unpaired) electrons. The van der Waals surface area contributed by atoms with Crippen LogP contribution in [0.15, 0.2) is 18.2 Å². The highest BCUT2D eigenvalue weighted by Gasteiger charge is 2.13. The van der Waals surface area contributed by atoms with Crippen LogP contribution in [-0.2, 0) is 6.54 Å². The fourth-order valence-corrected chi connectivity index (χ4v) is 3.10. The van der Waals surface area contributed by atoms with Gasteiger partial charge in [0.15, 0.2) is 0 Å². The summed E-state index contributed by atoms with van der Waals surface area (Å²) in [5.74, 6) is 1.71. The second-order valence-corrected chi connectivity index (χ2v) is 5.82. The highest BCUT2D eigenvalue weighted by Crippen LogP contribution is 2.26. The average molecular weight is 282 g/mol. The maximum Gasteiger partial charge on any atom is 0.124 e. The Balaban J connectivity index is 1.85. The van der Waals surface area contributed by atoms with Crippen LogP contribution in [0.4, 0.5) is 0 Å². The quantitative estimate of drug-likeness (QED) is 0.807. The van der Waals surface area contributed by atoms with Crippen LogP contribution >= 0.6 is 11.6 Å². The molecule has 1 N–H and O–H groups in total. The smallest absolute Gasteiger partial charge is 0.124 e. The van der Waals surface area contributed by atoms with E-state index in [9.17, 15) is 0 Å². The molecule has 1 fully saturated rings. The number of halogens is 1. The minimum Gasteiger partial charge on any atom is -0.496 e. The van der Waals surface area contributed by atoms with Crippen LogP contribution in [0.2, 0.25) is 5.02 Å². The summed E-state index contributed by atoms with van der Waals surface area (Å²) in [6.07, 6.45) is 8.34. The zero-order valence-corrected chi connectivity index (χ0v) is 12.5. The Morgan fingerprint density at radius 3 is 2.63 bits per heavy atom. The number of benzene rings is 1. The molecule has 0 heterocycles. The highest BCUT2D eigenvalue weighted by molar-refractivity contribution is 6.31. The SMILES string of the molecule is COc1cccc(Cl)c1CNCC1CCCCCC1. The summed E-state index contributed by atoms with van der Waals surface area (Å²) < 4.78 is 5.36. The maximum absolute atomic E-state index is 6.24. The summed E-state index contributed by atoms with van der Waals surface area (Å²) in [6, 6.07) is 5.82. The lowest BCUT2D eigenvalue weighted by atomic mass is 10.0. The van der Waals surface area contributed by atoms with Gasteiger partial charge in [-0.3, -0.25) is 0 Å². The molecule has 19 heavy (non-hydrogen) atoms. The Labute approximate surface area is 121 Å². The van der Waals surface area contributed by atoms with Gasteiger partial charge in [0.1, 0.15) is 5.75 Å². The van der Waals surface area contributed by atoms with E-state index >= 15 is 0 Å². The summed E-state index contributed by atoms with van der Waals surface area (Å²) in [6.45, 7) is 1.88. The van der Waals surface area contributed by atoms with Gasteiger partial charge in [-0.2, -0.15) is 0 Å². The van der Waals surface area contributed by atoms with E-state index in [1.54, 1.807) is 7.11 Å². The van der Waals surface area contributed by atoms with Crippen molar-refractivity contribution < 1.29 is 4.74 Å². The third-order valence-corrected chi connectivity index (χ3v) is 4.36. The fraction of sp³-hybridized carbons (Fsp3) is 0.625. The van der Waals surface area contributed by atoms with Gasteiger partial charge >= 0.3 is 0 Å². The van der Waals surface area contributed by atoms with Gasteiger partial charge in [-0.25, -0.2) is 0 Å². The van der Waals surface area contributed by atoms with Gasteiger partial charge in [0.2, 0.25) is 0 Å². The molecule has 0 saturated heterocycles. The molecule has 0 spiro atoms. The molecule has 0 bridgehead atoms. The van der Waals surface area contributed by atoms with Crippen LogP contribution in [0.25, 0.3) is 0 Å². The van der Waals surface area contributed by atoms with Crippen LogP contribution in [-0.4, -0.2) is 13.7 Å². The van der Waals surface area contributed by atoms with Gasteiger partial charge in [-0.1, -0.05) is 43.4 Å². The summed E-state index contributed by atoms with van der Waals surface area (Å²) >= 11 is 6.24. The first-order valence-electron chi connectivity index (χ1n) is 7.33. The Morgan fingerprint density at radius 2 is 1.95 bits per heavy atom. The summed E-state index contributed by atoms with van der Waals surface area (Å²) in [5.41, 5.74) is 1.07. The lowest BCUT2D eigenvalue weighted by Crippen LogP contribution is -2.22. The summed E-state index contributed by atoms with van der Waals surface area (Å²) in [7, 11) is 1.69. The van der Waals surface area contributed by atoms with Gasteiger partial charge in [-0.05, 0) is 37.4 Å². The predicted molar refractivity (Wildman–Crippen MR) is 80.9 cm³/mol. The van der Waals surface area contributed by atoms with Crippen molar-refractivity contribution in [1.29, 1.82) is 0 Å². The highest BCUT2D eigenvalue weighted by atomic mass is 35.5. The fourth-order valence-electron chi connectivity index (χ4n) is 2.87. The molecule has 1 aliphatic rings. The Morgan fingerprint density at radius 1 is 1.21 bits per heavy atom. The molecule has 0 aromatic heterocycles. The molecule has 1 aliphatic carbocycles. The van der Waals surface area contributed by atoms with Gasteiger partial charge < -0.3 is 10.1 Å². The molecular formula is C16H24ClNO. The molecule has 106 valence electrons. The third kappa shape index (κ3) is 4.39. The second kappa shape index (κ2) is 7.76. The largest absolute Gasteiger partial charge is 0.496 e. The number of hydrogen-bond donors (Lipinski definition) is 1. The lowest BCUT2D eigenvalue weighted by molar-refractivity contribution is 0.399. The Bertz CT molecular complexity index is 386. The van der Waals surface area contributed by atoms with Crippen LogP contribution < -0.4 is 10.1 Å². The van der Waals surface area contributed by atoms with Crippen molar-refractivity contribution in [2.75, 3.05) is 13.7 Å². The molecule has 0 amide bonds. The minimum atomic E-state index is 0.785. The van der Waals surface area contributed by atoms with E-state index in [1.807, 2.05) is 18.2 Å². The van der Waals surface area contributed by atoms with Crippen LogP contribution in [0.5, 0.6) is 5.75 Å². The Kier molecular flexibility index (Phi) is 5.99. The number of methoxy groups -OCH3 is 1. The molecule has 0 aliphatic heterocycles. The van der Waals surface area contributed by atoms with Crippen molar-refractivity contribution in [3.05, 3.63) is 28.8 Å². The monoisotopic (exact) mass is 281 g/mol. The van der Waals surface area contributed by atoms with Crippen LogP contribution in [0, 0.1) is 5.92 Å². The topological polar surface area (TPSA) is 21.3 Å². The van der Waals surface area contributed by atoms with Crippen LogP contribution in [0.3, 0.4) is 0 Å². The van der Waals surface area contributed by atoms with E-state index < -0.39 is 0 Å².